The zero-order valence-electron chi connectivity index (χ0n) is 12.0. The van der Waals surface area contributed by atoms with E-state index in [0.717, 1.165) is 0 Å². The Morgan fingerprint density at radius 3 is 2.64 bits per heavy atom. The molecule has 0 unspecified atom stereocenters. The second-order valence-electron chi connectivity index (χ2n) is 4.63. The van der Waals surface area contributed by atoms with Crippen LogP contribution in [0.3, 0.4) is 0 Å². The number of aryl methyl sites for hydroxylation is 1. The van der Waals surface area contributed by atoms with Gasteiger partial charge >= 0.3 is 0 Å². The first-order valence-corrected chi connectivity index (χ1v) is 6.82. The monoisotopic (exact) mass is 336 g/mol. The van der Waals surface area contributed by atoms with E-state index in [1.807, 2.05) is 18.2 Å². The molecule has 0 aliphatic carbocycles. The number of methoxy groups -OCH3 is 1. The Kier molecular flexibility index (Phi) is 4.74. The van der Waals surface area contributed by atoms with Crippen LogP contribution < -0.4 is 10.3 Å². The smallest absolute Gasteiger partial charge is 0.266 e. The molecule has 0 saturated heterocycles. The fourth-order valence-electron chi connectivity index (χ4n) is 2.37. The van der Waals surface area contributed by atoms with Gasteiger partial charge in [0.1, 0.15) is 11.6 Å². The van der Waals surface area contributed by atoms with Crippen LogP contribution in [0.15, 0.2) is 47.3 Å². The Morgan fingerprint density at radius 2 is 1.91 bits per heavy atom. The van der Waals surface area contributed by atoms with E-state index in [1.54, 1.807) is 38.3 Å². The van der Waals surface area contributed by atoms with Crippen LogP contribution in [0.4, 0.5) is 0 Å². The summed E-state index contributed by atoms with van der Waals surface area (Å²) in [7, 11) is 1.56. The molecule has 22 heavy (non-hydrogen) atoms. The van der Waals surface area contributed by atoms with E-state index < -0.39 is 0 Å². The van der Waals surface area contributed by atoms with Gasteiger partial charge in [-0.15, -0.1) is 12.4 Å². The van der Waals surface area contributed by atoms with Crippen LogP contribution in [0.25, 0.3) is 16.6 Å². The molecule has 3 rings (SSSR count). The maximum atomic E-state index is 12.8. The predicted molar refractivity (Wildman–Crippen MR) is 90.9 cm³/mol. The van der Waals surface area contributed by atoms with Crippen molar-refractivity contribution < 1.29 is 4.74 Å². The molecule has 0 radical (unpaired) electrons. The van der Waals surface area contributed by atoms with Crippen molar-refractivity contribution in [2.45, 2.75) is 6.92 Å². The maximum Gasteiger partial charge on any atom is 0.266 e. The molecule has 0 fully saturated rings. The molecule has 4 nitrogen and oxygen atoms in total. The van der Waals surface area contributed by atoms with E-state index in [-0.39, 0.29) is 18.0 Å². The molecule has 1 aromatic heterocycles. The highest BCUT2D eigenvalue weighted by Gasteiger charge is 2.13. The van der Waals surface area contributed by atoms with Gasteiger partial charge in [-0.2, -0.15) is 0 Å². The lowest BCUT2D eigenvalue weighted by Gasteiger charge is -2.14. The van der Waals surface area contributed by atoms with Crippen molar-refractivity contribution >= 4 is 34.9 Å². The van der Waals surface area contributed by atoms with Gasteiger partial charge in [-0.1, -0.05) is 23.7 Å². The normalized spacial score (nSPS) is 10.3. The highest BCUT2D eigenvalue weighted by molar-refractivity contribution is 6.30. The van der Waals surface area contributed by atoms with Crippen LogP contribution in [0.1, 0.15) is 5.82 Å². The molecule has 3 aromatic rings. The van der Waals surface area contributed by atoms with E-state index >= 15 is 0 Å². The number of halogens is 2. The van der Waals surface area contributed by atoms with Gasteiger partial charge in [0.15, 0.2) is 0 Å². The van der Waals surface area contributed by atoms with Crippen molar-refractivity contribution in [1.29, 1.82) is 0 Å². The van der Waals surface area contributed by atoms with Crippen molar-refractivity contribution in [1.82, 2.24) is 9.55 Å². The molecular formula is C16H14Cl2N2O2. The Balaban J connectivity index is 0.00000176. The van der Waals surface area contributed by atoms with Gasteiger partial charge in [-0.25, -0.2) is 4.98 Å². The van der Waals surface area contributed by atoms with Gasteiger partial charge in [-0.05, 0) is 37.3 Å². The van der Waals surface area contributed by atoms with E-state index in [9.17, 15) is 4.79 Å². The maximum absolute atomic E-state index is 12.8. The number of hydrogen-bond acceptors (Lipinski definition) is 3. The summed E-state index contributed by atoms with van der Waals surface area (Å²) in [5, 5.41) is 1.09. The third-order valence-corrected chi connectivity index (χ3v) is 3.56. The molecule has 114 valence electrons. The van der Waals surface area contributed by atoms with E-state index in [4.69, 9.17) is 16.3 Å². The van der Waals surface area contributed by atoms with Crippen LogP contribution in [-0.2, 0) is 0 Å². The average Bonchev–Trinajstić information content (AvgIpc) is 2.47. The lowest BCUT2D eigenvalue weighted by molar-refractivity contribution is 0.412. The second-order valence-corrected chi connectivity index (χ2v) is 5.07. The Labute approximate surface area is 138 Å². The first kappa shape index (κ1) is 16.3. The lowest BCUT2D eigenvalue weighted by atomic mass is 10.2. The highest BCUT2D eigenvalue weighted by atomic mass is 35.5. The zero-order valence-corrected chi connectivity index (χ0v) is 13.6. The minimum absolute atomic E-state index is 0. The predicted octanol–water partition coefficient (Wildman–Crippen LogP) is 3.78. The molecule has 0 spiro atoms. The van der Waals surface area contributed by atoms with Crippen molar-refractivity contribution in [3.63, 3.8) is 0 Å². The van der Waals surface area contributed by atoms with Gasteiger partial charge in [0.2, 0.25) is 0 Å². The molecule has 6 heteroatoms. The fourth-order valence-corrected chi connectivity index (χ4v) is 2.53. The van der Waals surface area contributed by atoms with Gasteiger partial charge in [0, 0.05) is 5.02 Å². The van der Waals surface area contributed by atoms with Crippen molar-refractivity contribution in [3.8, 4) is 11.4 Å². The van der Waals surface area contributed by atoms with Crippen LogP contribution in [-0.4, -0.2) is 16.7 Å². The fraction of sp³-hybridized carbons (Fsp3) is 0.125. The molecule has 0 aliphatic rings. The minimum atomic E-state index is -0.140. The van der Waals surface area contributed by atoms with E-state index in [1.165, 1.54) is 4.57 Å². The molecule has 0 saturated carbocycles. The van der Waals surface area contributed by atoms with Crippen LogP contribution in [0.5, 0.6) is 5.75 Å². The van der Waals surface area contributed by atoms with Gasteiger partial charge in [0.25, 0.3) is 5.56 Å². The van der Waals surface area contributed by atoms with E-state index in [0.29, 0.717) is 33.2 Å². The second kappa shape index (κ2) is 6.38. The lowest BCUT2D eigenvalue weighted by Crippen LogP contribution is -2.22. The third kappa shape index (κ3) is 2.67. The summed E-state index contributed by atoms with van der Waals surface area (Å²) >= 11 is 6.06. The summed E-state index contributed by atoms with van der Waals surface area (Å²) in [6.07, 6.45) is 0. The molecule has 0 N–H and O–H groups in total. The first-order valence-electron chi connectivity index (χ1n) is 6.44. The Bertz CT molecular complexity index is 891. The number of aromatic nitrogens is 2. The Morgan fingerprint density at radius 1 is 1.18 bits per heavy atom. The minimum Gasteiger partial charge on any atom is -0.495 e. The number of nitrogens with zero attached hydrogens (tertiary/aromatic N) is 2. The van der Waals surface area contributed by atoms with Crippen molar-refractivity contribution in [2.75, 3.05) is 7.11 Å². The standard InChI is InChI=1S/C16H13ClN2O2.ClH/c1-10-18-13-6-4-3-5-12(13)16(20)19(10)14-9-11(17)7-8-15(14)21-2;/h3-9H,1-2H3;1H. The molecule has 0 amide bonds. The van der Waals surface area contributed by atoms with Crippen LogP contribution in [0.2, 0.25) is 5.02 Å². The number of rotatable bonds is 2. The highest BCUT2D eigenvalue weighted by Crippen LogP contribution is 2.26. The molecule has 0 bridgehead atoms. The molecule has 0 atom stereocenters. The van der Waals surface area contributed by atoms with Crippen molar-refractivity contribution in [3.05, 3.63) is 63.7 Å². The first-order chi connectivity index (χ1) is 10.1. The number of para-hydroxylation sites is 1. The summed E-state index contributed by atoms with van der Waals surface area (Å²) in [6.45, 7) is 1.79. The third-order valence-electron chi connectivity index (χ3n) is 3.33. The van der Waals surface area contributed by atoms with Crippen LogP contribution in [0, 0.1) is 6.92 Å². The topological polar surface area (TPSA) is 44.1 Å². The molecule has 0 aliphatic heterocycles. The number of fused-ring (bicyclic) bond motifs is 1. The van der Waals surface area contributed by atoms with Crippen molar-refractivity contribution in [2.24, 2.45) is 0 Å². The number of benzene rings is 2. The molecular weight excluding hydrogens is 323 g/mol. The summed E-state index contributed by atoms with van der Waals surface area (Å²) in [4.78, 5) is 17.2. The molecule has 1 heterocycles. The SMILES string of the molecule is COc1ccc(Cl)cc1-n1c(C)nc2ccccc2c1=O.Cl. The summed E-state index contributed by atoms with van der Waals surface area (Å²) < 4.78 is 6.85. The number of ether oxygens (including phenoxy) is 1. The molecule has 2 aromatic carbocycles. The van der Waals surface area contributed by atoms with Gasteiger partial charge in [0.05, 0.1) is 23.7 Å². The summed E-state index contributed by atoms with van der Waals surface area (Å²) in [6, 6.07) is 12.4. The quantitative estimate of drug-likeness (QED) is 0.715. The summed E-state index contributed by atoms with van der Waals surface area (Å²) in [5.41, 5.74) is 1.13. The van der Waals surface area contributed by atoms with Gasteiger partial charge in [-0.3, -0.25) is 9.36 Å². The van der Waals surface area contributed by atoms with Gasteiger partial charge < -0.3 is 4.74 Å². The zero-order chi connectivity index (χ0) is 15.0. The Hall–Kier alpha value is -2.04. The largest absolute Gasteiger partial charge is 0.495 e. The summed E-state index contributed by atoms with van der Waals surface area (Å²) in [5.74, 6) is 1.15. The number of hydrogen-bond donors (Lipinski definition) is 0. The van der Waals surface area contributed by atoms with Crippen LogP contribution >= 0.6 is 24.0 Å². The average molecular weight is 337 g/mol. The van der Waals surface area contributed by atoms with E-state index in [2.05, 4.69) is 4.98 Å².